The molecule has 0 N–H and O–H groups in total. The minimum Gasteiger partial charge on any atom is -0.473 e. The molecule has 0 amide bonds. The first-order valence-electron chi connectivity index (χ1n) is 5.49. The van der Waals surface area contributed by atoms with E-state index < -0.39 is 24.1 Å². The van der Waals surface area contributed by atoms with Gasteiger partial charge in [-0.2, -0.15) is 0 Å². The summed E-state index contributed by atoms with van der Waals surface area (Å²) in [6.07, 6.45) is -0.852. The van der Waals surface area contributed by atoms with Crippen LogP contribution in [0.2, 0.25) is 0 Å². The molecule has 106 valence electrons. The molecule has 0 aliphatic rings. The first kappa shape index (κ1) is 17.2. The van der Waals surface area contributed by atoms with E-state index >= 15 is 0 Å². The first-order chi connectivity index (χ1) is 9.56. The molecule has 0 heterocycles. The molecule has 7 heteroatoms. The molecule has 0 aromatic heterocycles. The molecule has 2 unspecified atom stereocenters. The molecule has 0 saturated carbocycles. The molecule has 0 aliphatic heterocycles. The summed E-state index contributed by atoms with van der Waals surface area (Å²) >= 11 is 0. The summed E-state index contributed by atoms with van der Waals surface area (Å²) in [5, 5.41) is 0. The number of carbonyl (C=O) groups is 2. The Balaban J connectivity index is 4.82. The Labute approximate surface area is 114 Å². The van der Waals surface area contributed by atoms with Gasteiger partial charge in [-0.15, -0.1) is 0 Å². The Kier molecular flexibility index (Phi) is 8.73. The minimum atomic E-state index is -1.38. The first-order valence-corrected chi connectivity index (χ1v) is 5.49. The summed E-state index contributed by atoms with van der Waals surface area (Å²) < 4.78 is 14.2. The van der Waals surface area contributed by atoms with Crippen LogP contribution in [0.3, 0.4) is 0 Å². The van der Waals surface area contributed by atoms with Gasteiger partial charge in [-0.3, -0.25) is 0 Å². The van der Waals surface area contributed by atoms with Gasteiger partial charge in [0, 0.05) is 11.8 Å². The molecule has 2 atom stereocenters. The number of rotatable bonds is 7. The highest BCUT2D eigenvalue weighted by atomic mass is 16.6. The van der Waals surface area contributed by atoms with Gasteiger partial charge in [0.2, 0.25) is 6.10 Å². The Morgan fingerprint density at radius 3 is 2.35 bits per heavy atom. The van der Waals surface area contributed by atoms with Crippen LogP contribution >= 0.6 is 0 Å². The molecule has 20 heavy (non-hydrogen) atoms. The lowest BCUT2D eigenvalue weighted by Crippen LogP contribution is -2.31. The van der Waals surface area contributed by atoms with Crippen molar-refractivity contribution in [1.82, 2.24) is 0 Å². The van der Waals surface area contributed by atoms with Crippen molar-refractivity contribution < 1.29 is 33.4 Å². The normalized spacial score (nSPS) is 11.3. The van der Waals surface area contributed by atoms with Gasteiger partial charge < -0.3 is 14.2 Å². The second kappa shape index (κ2) is 10.2. The average molecular weight is 280 g/mol. The van der Waals surface area contributed by atoms with Crippen molar-refractivity contribution in [3.8, 4) is 0 Å². The smallest absolute Gasteiger partial charge is 0.353 e. The van der Waals surface area contributed by atoms with Crippen LogP contribution in [0.1, 0.15) is 13.8 Å². The van der Waals surface area contributed by atoms with Crippen molar-refractivity contribution in [3.05, 3.63) is 23.8 Å². The summed E-state index contributed by atoms with van der Waals surface area (Å²) in [5.41, 5.74) is 3.87. The highest BCUT2D eigenvalue weighted by Gasteiger charge is 2.24. The van der Waals surface area contributed by atoms with Crippen molar-refractivity contribution in [3.63, 3.8) is 0 Å². The summed E-state index contributed by atoms with van der Waals surface area (Å²) in [6.45, 7) is 3.06. The van der Waals surface area contributed by atoms with Gasteiger partial charge in [-0.25, -0.2) is 19.2 Å². The maximum Gasteiger partial charge on any atom is 0.353 e. The molecule has 0 fully saturated rings. The Morgan fingerprint density at radius 2 is 1.80 bits per heavy atom. The molecule has 7 nitrogen and oxygen atoms in total. The van der Waals surface area contributed by atoms with E-state index in [1.165, 1.54) is 18.8 Å². The van der Waals surface area contributed by atoms with E-state index in [1.807, 2.05) is 11.5 Å². The van der Waals surface area contributed by atoms with E-state index in [2.05, 4.69) is 4.74 Å². The van der Waals surface area contributed by atoms with E-state index in [0.29, 0.717) is 0 Å². The van der Waals surface area contributed by atoms with Crippen molar-refractivity contribution in [2.75, 3.05) is 6.61 Å². The van der Waals surface area contributed by atoms with E-state index in [-0.39, 0.29) is 6.61 Å². The minimum absolute atomic E-state index is 0.140. The monoisotopic (exact) mass is 280 g/mol. The standard InChI is InChI=1S/C13H12O7/c1-3-18-12(16)10(2)20-13(17)11(6-4-7-14)19-9-5-8-15/h6,9-11H,3H2,1-2H3. The summed E-state index contributed by atoms with van der Waals surface area (Å²) in [6, 6.07) is 0. The molecule has 0 rings (SSSR count). The fraction of sp³-hybridized carbons (Fsp3) is 0.385. The number of hydrogen-bond donors (Lipinski definition) is 0. The largest absolute Gasteiger partial charge is 0.473 e. The molecule has 0 aromatic rings. The molecule has 0 aliphatic carbocycles. The van der Waals surface area contributed by atoms with Gasteiger partial charge in [0.1, 0.15) is 6.26 Å². The zero-order valence-corrected chi connectivity index (χ0v) is 10.9. The zero-order chi connectivity index (χ0) is 15.4. The van der Waals surface area contributed by atoms with Crippen LogP contribution in [0.4, 0.5) is 0 Å². The van der Waals surface area contributed by atoms with E-state index in [0.717, 1.165) is 12.3 Å². The Bertz CT molecular complexity index is 511. The van der Waals surface area contributed by atoms with Crippen LogP contribution in [0, 0.1) is 0 Å². The fourth-order valence-corrected chi connectivity index (χ4v) is 0.953. The molecular weight excluding hydrogens is 268 g/mol. The fourth-order valence-electron chi connectivity index (χ4n) is 0.953. The Hall–Kier alpha value is -2.80. The Morgan fingerprint density at radius 1 is 1.15 bits per heavy atom. The number of ether oxygens (including phenoxy) is 3. The van der Waals surface area contributed by atoms with Crippen LogP contribution in [-0.4, -0.2) is 42.6 Å². The van der Waals surface area contributed by atoms with Gasteiger partial charge in [0.25, 0.3) is 0 Å². The molecule has 0 saturated heterocycles. The predicted octanol–water partition coefficient (Wildman–Crippen LogP) is -0.0903. The van der Waals surface area contributed by atoms with Crippen molar-refractivity contribution >= 4 is 23.8 Å². The quantitative estimate of drug-likeness (QED) is 0.278. The van der Waals surface area contributed by atoms with Gasteiger partial charge in [-0.05, 0) is 19.6 Å². The number of carbonyl (C=O) groups excluding carboxylic acids is 4. The van der Waals surface area contributed by atoms with Crippen LogP contribution in [0.15, 0.2) is 23.8 Å². The van der Waals surface area contributed by atoms with Gasteiger partial charge in [0.15, 0.2) is 18.0 Å². The van der Waals surface area contributed by atoms with Crippen molar-refractivity contribution in [2.24, 2.45) is 0 Å². The topological polar surface area (TPSA) is 96.0 Å². The second-order valence-electron chi connectivity index (χ2n) is 3.17. The maximum absolute atomic E-state index is 11.7. The van der Waals surface area contributed by atoms with E-state index in [4.69, 9.17) is 9.47 Å². The van der Waals surface area contributed by atoms with E-state index in [9.17, 15) is 19.2 Å². The van der Waals surface area contributed by atoms with Crippen LogP contribution in [0.25, 0.3) is 0 Å². The summed E-state index contributed by atoms with van der Waals surface area (Å²) in [4.78, 5) is 42.9. The summed E-state index contributed by atoms with van der Waals surface area (Å²) in [7, 11) is 0. The third-order valence-electron chi connectivity index (χ3n) is 1.77. The lowest BCUT2D eigenvalue weighted by atomic mass is 10.3. The van der Waals surface area contributed by atoms with Gasteiger partial charge in [0.05, 0.1) is 6.61 Å². The van der Waals surface area contributed by atoms with Gasteiger partial charge >= 0.3 is 11.9 Å². The van der Waals surface area contributed by atoms with Crippen molar-refractivity contribution in [1.29, 1.82) is 0 Å². The third-order valence-corrected chi connectivity index (χ3v) is 1.77. The lowest BCUT2D eigenvalue weighted by molar-refractivity contribution is -0.170. The van der Waals surface area contributed by atoms with Crippen LogP contribution in [-0.2, 0) is 33.4 Å². The SMILES string of the molecule is CCOC(=O)C(C)OC(=O)C(C=C=C=O)OC=C=C=O. The zero-order valence-electron chi connectivity index (χ0n) is 10.9. The molecular formula is C13H12O7. The highest BCUT2D eigenvalue weighted by Crippen LogP contribution is 2.03. The predicted molar refractivity (Wildman–Crippen MR) is 64.6 cm³/mol. The molecule has 0 bridgehead atoms. The number of esters is 2. The third kappa shape index (κ3) is 6.82. The van der Waals surface area contributed by atoms with E-state index in [1.54, 1.807) is 6.92 Å². The van der Waals surface area contributed by atoms with Crippen LogP contribution < -0.4 is 0 Å². The summed E-state index contributed by atoms with van der Waals surface area (Å²) in [5.74, 6) is 0.870. The second-order valence-corrected chi connectivity index (χ2v) is 3.17. The van der Waals surface area contributed by atoms with Gasteiger partial charge in [-0.1, -0.05) is 0 Å². The lowest BCUT2D eigenvalue weighted by Gasteiger charge is -2.15. The molecule has 0 radical (unpaired) electrons. The molecule has 0 aromatic carbocycles. The molecule has 0 spiro atoms. The highest BCUT2D eigenvalue weighted by molar-refractivity contribution is 5.82. The maximum atomic E-state index is 11.7. The number of hydrogen-bond acceptors (Lipinski definition) is 7. The average Bonchev–Trinajstić information content (AvgIpc) is 2.42. The van der Waals surface area contributed by atoms with Crippen molar-refractivity contribution in [2.45, 2.75) is 26.1 Å². The van der Waals surface area contributed by atoms with Crippen LogP contribution in [0.5, 0.6) is 0 Å².